The van der Waals surface area contributed by atoms with Crippen molar-refractivity contribution in [2.24, 2.45) is 5.92 Å². The molecule has 0 spiro atoms. The molecule has 2 rings (SSSR count). The highest BCUT2D eigenvalue weighted by molar-refractivity contribution is 9.10. The standard InChI is InChI=1S/C11H11BrCl2O/c12-8-1-2-9(10(14)5-8)11-7(6-13)3-4-15-11/h1-2,5,7,11H,3-4,6H2. The molecular weight excluding hydrogens is 299 g/mol. The number of alkyl halides is 1. The van der Waals surface area contributed by atoms with Gasteiger partial charge in [-0.3, -0.25) is 0 Å². The maximum Gasteiger partial charge on any atom is 0.0879 e. The lowest BCUT2D eigenvalue weighted by Gasteiger charge is -2.17. The fourth-order valence-electron chi connectivity index (χ4n) is 1.87. The smallest absolute Gasteiger partial charge is 0.0879 e. The Hall–Kier alpha value is 0.240. The van der Waals surface area contributed by atoms with E-state index in [1.54, 1.807) is 0 Å². The van der Waals surface area contributed by atoms with Crippen molar-refractivity contribution in [2.45, 2.75) is 12.5 Å². The van der Waals surface area contributed by atoms with Crippen molar-refractivity contribution in [1.29, 1.82) is 0 Å². The van der Waals surface area contributed by atoms with Gasteiger partial charge in [0.1, 0.15) is 0 Å². The Morgan fingerprint density at radius 2 is 2.27 bits per heavy atom. The van der Waals surface area contributed by atoms with Gasteiger partial charge in [-0.25, -0.2) is 0 Å². The summed E-state index contributed by atoms with van der Waals surface area (Å²) in [5.41, 5.74) is 1.04. The van der Waals surface area contributed by atoms with Gasteiger partial charge in [0.05, 0.1) is 6.10 Å². The predicted octanol–water partition coefficient (Wildman–Crippen LogP) is 4.42. The van der Waals surface area contributed by atoms with Gasteiger partial charge in [0.2, 0.25) is 0 Å². The van der Waals surface area contributed by atoms with Crippen molar-refractivity contribution in [3.8, 4) is 0 Å². The second-order valence-electron chi connectivity index (χ2n) is 3.66. The van der Waals surface area contributed by atoms with E-state index in [1.165, 1.54) is 0 Å². The van der Waals surface area contributed by atoms with Crippen molar-refractivity contribution < 1.29 is 4.74 Å². The molecule has 0 N–H and O–H groups in total. The number of ether oxygens (including phenoxy) is 1. The minimum atomic E-state index is 0.0584. The summed E-state index contributed by atoms with van der Waals surface area (Å²) in [5, 5.41) is 0.742. The van der Waals surface area contributed by atoms with Crippen molar-refractivity contribution in [2.75, 3.05) is 12.5 Å². The normalized spacial score (nSPS) is 25.8. The maximum atomic E-state index is 6.18. The third-order valence-electron chi connectivity index (χ3n) is 2.68. The molecule has 0 aliphatic carbocycles. The lowest BCUT2D eigenvalue weighted by Crippen LogP contribution is -2.09. The molecule has 0 aromatic heterocycles. The number of hydrogen-bond acceptors (Lipinski definition) is 1. The van der Waals surface area contributed by atoms with E-state index in [0.29, 0.717) is 11.8 Å². The van der Waals surface area contributed by atoms with Crippen LogP contribution in [0.5, 0.6) is 0 Å². The number of rotatable bonds is 2. The molecule has 1 saturated heterocycles. The van der Waals surface area contributed by atoms with Crippen molar-refractivity contribution in [1.82, 2.24) is 0 Å². The van der Waals surface area contributed by atoms with Gasteiger partial charge in [0, 0.05) is 27.9 Å². The molecule has 0 saturated carbocycles. The topological polar surface area (TPSA) is 9.23 Å². The highest BCUT2D eigenvalue weighted by Gasteiger charge is 2.30. The molecule has 1 aromatic rings. The molecule has 2 unspecified atom stereocenters. The fourth-order valence-corrected chi connectivity index (χ4v) is 2.96. The van der Waals surface area contributed by atoms with E-state index in [0.717, 1.165) is 28.1 Å². The van der Waals surface area contributed by atoms with Gasteiger partial charge < -0.3 is 4.74 Å². The quantitative estimate of drug-likeness (QED) is 0.735. The molecule has 1 nitrogen and oxygen atoms in total. The van der Waals surface area contributed by atoms with Gasteiger partial charge in [0.25, 0.3) is 0 Å². The highest BCUT2D eigenvalue weighted by atomic mass is 79.9. The SMILES string of the molecule is ClCC1CCOC1c1ccc(Br)cc1Cl. The lowest BCUT2D eigenvalue weighted by molar-refractivity contribution is 0.0952. The number of hydrogen-bond donors (Lipinski definition) is 0. The zero-order chi connectivity index (χ0) is 10.8. The summed E-state index contributed by atoms with van der Waals surface area (Å²) in [6.45, 7) is 0.772. The third-order valence-corrected chi connectivity index (χ3v) is 3.90. The van der Waals surface area contributed by atoms with Crippen molar-refractivity contribution >= 4 is 39.1 Å². The molecule has 2 atom stereocenters. The van der Waals surface area contributed by atoms with Crippen LogP contribution in [0.15, 0.2) is 22.7 Å². The molecule has 15 heavy (non-hydrogen) atoms. The summed E-state index contributed by atoms with van der Waals surface area (Å²) < 4.78 is 6.66. The van der Waals surface area contributed by atoms with Gasteiger partial charge in [-0.05, 0) is 24.1 Å². The van der Waals surface area contributed by atoms with Crippen LogP contribution in [0.2, 0.25) is 5.02 Å². The van der Waals surface area contributed by atoms with Gasteiger partial charge in [-0.2, -0.15) is 0 Å². The molecule has 1 aromatic carbocycles. The molecular formula is C11H11BrCl2O. The van der Waals surface area contributed by atoms with Gasteiger partial charge >= 0.3 is 0 Å². The second kappa shape index (κ2) is 5.05. The molecule has 82 valence electrons. The van der Waals surface area contributed by atoms with Crippen LogP contribution >= 0.6 is 39.1 Å². The molecule has 1 aliphatic rings. The maximum absolute atomic E-state index is 6.18. The first kappa shape index (κ1) is 11.7. The second-order valence-corrected chi connectivity index (χ2v) is 5.29. The summed E-state index contributed by atoms with van der Waals surface area (Å²) in [6.07, 6.45) is 1.07. The van der Waals surface area contributed by atoms with Crippen LogP contribution in [0.3, 0.4) is 0 Å². The summed E-state index contributed by atoms with van der Waals surface area (Å²) in [7, 11) is 0. The average molecular weight is 310 g/mol. The van der Waals surface area contributed by atoms with Crippen LogP contribution in [0.25, 0.3) is 0 Å². The van der Waals surface area contributed by atoms with Crippen LogP contribution in [-0.4, -0.2) is 12.5 Å². The zero-order valence-corrected chi connectivity index (χ0v) is 11.1. The minimum absolute atomic E-state index is 0.0584. The molecule has 0 bridgehead atoms. The number of halogens is 3. The Labute approximate surface area is 108 Å². The first-order valence-electron chi connectivity index (χ1n) is 4.85. The van der Waals surface area contributed by atoms with Crippen LogP contribution < -0.4 is 0 Å². The van der Waals surface area contributed by atoms with Crippen LogP contribution in [0, 0.1) is 5.92 Å². The third kappa shape index (κ3) is 2.50. The van der Waals surface area contributed by atoms with Gasteiger partial charge in [-0.15, -0.1) is 11.6 Å². The van der Waals surface area contributed by atoms with E-state index >= 15 is 0 Å². The predicted molar refractivity (Wildman–Crippen MR) is 66.7 cm³/mol. The van der Waals surface area contributed by atoms with E-state index in [4.69, 9.17) is 27.9 Å². The first-order valence-corrected chi connectivity index (χ1v) is 6.55. The van der Waals surface area contributed by atoms with Crippen LogP contribution in [-0.2, 0) is 4.74 Å². The average Bonchev–Trinajstić information content (AvgIpc) is 2.65. The summed E-state index contributed by atoms with van der Waals surface area (Å²) in [4.78, 5) is 0. The Bertz CT molecular complexity index is 356. The molecule has 0 amide bonds. The molecule has 1 fully saturated rings. The Morgan fingerprint density at radius 3 is 2.93 bits per heavy atom. The Balaban J connectivity index is 2.28. The largest absolute Gasteiger partial charge is 0.373 e. The Kier molecular flexibility index (Phi) is 3.94. The van der Waals surface area contributed by atoms with E-state index in [-0.39, 0.29) is 6.10 Å². The molecule has 0 radical (unpaired) electrons. The first-order chi connectivity index (χ1) is 7.22. The van der Waals surface area contributed by atoms with E-state index in [9.17, 15) is 0 Å². The molecule has 1 aliphatic heterocycles. The molecule has 4 heteroatoms. The number of benzene rings is 1. The lowest BCUT2D eigenvalue weighted by atomic mass is 9.97. The van der Waals surface area contributed by atoms with Crippen LogP contribution in [0.1, 0.15) is 18.1 Å². The molecule has 1 heterocycles. The highest BCUT2D eigenvalue weighted by Crippen LogP contribution is 2.39. The van der Waals surface area contributed by atoms with Gasteiger partial charge in [0.15, 0.2) is 0 Å². The van der Waals surface area contributed by atoms with Crippen LogP contribution in [0.4, 0.5) is 0 Å². The zero-order valence-electron chi connectivity index (χ0n) is 8.05. The Morgan fingerprint density at radius 1 is 1.47 bits per heavy atom. The fraction of sp³-hybridized carbons (Fsp3) is 0.455. The monoisotopic (exact) mass is 308 g/mol. The van der Waals surface area contributed by atoms with E-state index < -0.39 is 0 Å². The minimum Gasteiger partial charge on any atom is -0.373 e. The van der Waals surface area contributed by atoms with Crippen molar-refractivity contribution in [3.63, 3.8) is 0 Å². The summed E-state index contributed by atoms with van der Waals surface area (Å²) in [5.74, 6) is 1.00. The summed E-state index contributed by atoms with van der Waals surface area (Å²) in [6, 6.07) is 5.87. The van der Waals surface area contributed by atoms with E-state index in [1.807, 2.05) is 18.2 Å². The van der Waals surface area contributed by atoms with Gasteiger partial charge in [-0.1, -0.05) is 33.6 Å². The van der Waals surface area contributed by atoms with Crippen molar-refractivity contribution in [3.05, 3.63) is 33.3 Å². The summed E-state index contributed by atoms with van der Waals surface area (Å²) >= 11 is 15.5. The van der Waals surface area contributed by atoms with E-state index in [2.05, 4.69) is 15.9 Å².